The van der Waals surface area contributed by atoms with Gasteiger partial charge in [-0.1, -0.05) is 66.8 Å². The first-order chi connectivity index (χ1) is 19.7. The van der Waals surface area contributed by atoms with Gasteiger partial charge in [0.05, 0.1) is 17.4 Å². The number of aryl methyl sites for hydroxylation is 2. The molecule has 4 aliphatic heterocycles. The molecule has 5 atom stereocenters. The van der Waals surface area contributed by atoms with Gasteiger partial charge in [-0.05, 0) is 49.9 Å². The van der Waals surface area contributed by atoms with Crippen molar-refractivity contribution in [1.82, 2.24) is 9.80 Å². The third-order valence-corrected chi connectivity index (χ3v) is 9.07. The van der Waals surface area contributed by atoms with E-state index in [0.29, 0.717) is 26.1 Å². The Balaban J connectivity index is 1.44. The van der Waals surface area contributed by atoms with Crippen LogP contribution in [0.2, 0.25) is 0 Å². The van der Waals surface area contributed by atoms with Gasteiger partial charge in [-0.25, -0.2) is 0 Å². The maximum Gasteiger partial charge on any atom is 0.253 e. The third kappa shape index (κ3) is 4.32. The van der Waals surface area contributed by atoms with Crippen molar-refractivity contribution in [2.45, 2.75) is 51.0 Å². The summed E-state index contributed by atoms with van der Waals surface area (Å²) < 4.78 is 6.89. The van der Waals surface area contributed by atoms with E-state index < -0.39 is 29.1 Å². The van der Waals surface area contributed by atoms with Gasteiger partial charge in [0, 0.05) is 38.5 Å². The molecule has 0 radical (unpaired) electrons. The Kier molecular flexibility index (Phi) is 6.86. The van der Waals surface area contributed by atoms with Crippen molar-refractivity contribution in [3.05, 3.63) is 89.5 Å². The first kappa shape index (κ1) is 27.4. The number of carbonyl (C=O) groups excluding carboxylic acids is 3. The summed E-state index contributed by atoms with van der Waals surface area (Å²) in [5.41, 5.74) is 1.39. The van der Waals surface area contributed by atoms with E-state index in [1.54, 1.807) is 14.7 Å². The van der Waals surface area contributed by atoms with E-state index >= 15 is 0 Å². The van der Waals surface area contributed by atoms with Gasteiger partial charge in [-0.3, -0.25) is 14.4 Å². The summed E-state index contributed by atoms with van der Waals surface area (Å²) in [6.07, 6.45) is 7.93. The Morgan fingerprint density at radius 1 is 0.927 bits per heavy atom. The number of aliphatic hydroxyl groups excluding tert-OH is 1. The molecule has 4 aliphatic rings. The normalized spacial score (nSPS) is 30.8. The second-order valence-electron chi connectivity index (χ2n) is 11.9. The predicted molar refractivity (Wildman–Crippen MR) is 155 cm³/mol. The van der Waals surface area contributed by atoms with E-state index in [2.05, 4.69) is 0 Å². The van der Waals surface area contributed by atoms with Crippen molar-refractivity contribution in [3.8, 4) is 0 Å². The number of nitrogens with zero attached hydrogens (tertiary/aromatic N) is 3. The summed E-state index contributed by atoms with van der Waals surface area (Å²) in [6, 6.07) is 14.8. The molecule has 2 aromatic rings. The molecular weight excluding hydrogens is 518 g/mol. The number of anilines is 1. The van der Waals surface area contributed by atoms with Crippen molar-refractivity contribution in [2.75, 3.05) is 31.1 Å². The maximum atomic E-state index is 14.5. The first-order valence-electron chi connectivity index (χ1n) is 14.4. The molecule has 8 heteroatoms. The quantitative estimate of drug-likeness (QED) is 0.553. The number of fused-ring (bicyclic) bond motifs is 2. The molecule has 4 heterocycles. The Labute approximate surface area is 240 Å². The molecule has 0 aromatic heterocycles. The topological polar surface area (TPSA) is 90.4 Å². The van der Waals surface area contributed by atoms with Crippen molar-refractivity contribution < 1.29 is 24.2 Å². The molecule has 2 aromatic carbocycles. The van der Waals surface area contributed by atoms with E-state index in [4.69, 9.17) is 4.74 Å². The van der Waals surface area contributed by atoms with Gasteiger partial charge < -0.3 is 24.5 Å². The van der Waals surface area contributed by atoms with Gasteiger partial charge in [0.15, 0.2) is 0 Å². The minimum absolute atomic E-state index is 0.118. The molecular formula is C33H37N3O5. The SMILES string of the molecule is Cc1ccc(C)c(N2CC=C[C@]34O[C@]5(C)C=CCN(Cc6ccccc6)C(=O)[C@@H]5[C@H]3C(=O)N(CCCO)C4C2=O)c1. The lowest BCUT2D eigenvalue weighted by atomic mass is 9.74. The van der Waals surface area contributed by atoms with Crippen molar-refractivity contribution in [1.29, 1.82) is 0 Å². The Morgan fingerprint density at radius 3 is 2.44 bits per heavy atom. The Hall–Kier alpha value is -3.75. The number of amides is 3. The molecule has 41 heavy (non-hydrogen) atoms. The molecule has 2 fully saturated rings. The lowest BCUT2D eigenvalue weighted by molar-refractivity contribution is -0.149. The van der Waals surface area contributed by atoms with Crippen LogP contribution in [-0.2, 0) is 25.7 Å². The predicted octanol–water partition coefficient (Wildman–Crippen LogP) is 3.16. The molecule has 0 bridgehead atoms. The highest BCUT2D eigenvalue weighted by atomic mass is 16.5. The van der Waals surface area contributed by atoms with E-state index in [1.807, 2.05) is 93.6 Å². The van der Waals surface area contributed by atoms with Crippen LogP contribution in [0.3, 0.4) is 0 Å². The molecule has 6 rings (SSSR count). The van der Waals surface area contributed by atoms with Gasteiger partial charge in [-0.15, -0.1) is 0 Å². The molecule has 0 saturated carbocycles. The number of hydrogen-bond donors (Lipinski definition) is 1. The second-order valence-corrected chi connectivity index (χ2v) is 11.9. The summed E-state index contributed by atoms with van der Waals surface area (Å²) in [6.45, 7) is 7.04. The number of benzene rings is 2. The smallest absolute Gasteiger partial charge is 0.253 e. The average Bonchev–Trinajstić information content (AvgIpc) is 3.22. The molecule has 1 unspecified atom stereocenters. The summed E-state index contributed by atoms with van der Waals surface area (Å²) in [7, 11) is 0. The van der Waals surface area contributed by atoms with Crippen LogP contribution < -0.4 is 4.90 Å². The fourth-order valence-electron chi connectivity index (χ4n) is 7.23. The summed E-state index contributed by atoms with van der Waals surface area (Å²) >= 11 is 0. The average molecular weight is 556 g/mol. The Bertz CT molecular complexity index is 1440. The zero-order valence-corrected chi connectivity index (χ0v) is 23.8. The number of hydrogen-bond acceptors (Lipinski definition) is 5. The molecule has 3 amide bonds. The highest BCUT2D eigenvalue weighted by molar-refractivity contribution is 6.06. The van der Waals surface area contributed by atoms with Crippen LogP contribution in [0.4, 0.5) is 5.69 Å². The number of aliphatic hydroxyl groups is 1. The van der Waals surface area contributed by atoms with E-state index in [1.165, 1.54) is 0 Å². The van der Waals surface area contributed by atoms with Gasteiger partial charge in [0.2, 0.25) is 11.8 Å². The largest absolute Gasteiger partial charge is 0.396 e. The lowest BCUT2D eigenvalue weighted by Gasteiger charge is -2.37. The van der Waals surface area contributed by atoms with Gasteiger partial charge in [0.1, 0.15) is 11.6 Å². The highest BCUT2D eigenvalue weighted by Crippen LogP contribution is 2.57. The molecule has 1 N–H and O–H groups in total. The highest BCUT2D eigenvalue weighted by Gasteiger charge is 2.74. The third-order valence-electron chi connectivity index (χ3n) is 9.07. The van der Waals surface area contributed by atoms with Crippen LogP contribution in [-0.4, -0.2) is 76.1 Å². The minimum atomic E-state index is -1.31. The fraction of sp³-hybridized carbons (Fsp3) is 0.424. The number of carbonyl (C=O) groups is 3. The summed E-state index contributed by atoms with van der Waals surface area (Å²) in [5, 5.41) is 9.66. The Morgan fingerprint density at radius 2 is 1.68 bits per heavy atom. The van der Waals surface area contributed by atoms with Crippen LogP contribution >= 0.6 is 0 Å². The van der Waals surface area contributed by atoms with Gasteiger partial charge >= 0.3 is 0 Å². The lowest BCUT2D eigenvalue weighted by Crippen LogP contribution is -2.56. The van der Waals surface area contributed by atoms with Crippen molar-refractivity contribution in [2.24, 2.45) is 11.8 Å². The number of ether oxygens (including phenoxy) is 1. The standard InChI is InChI=1S/C33H37N3O5/c1-22-12-13-23(2)25(20-22)35-17-8-15-33-27(30(39)36(18-9-19-37)28(33)31(35)40)26-29(38)34(16-7-14-32(26,3)41-33)21-24-10-5-4-6-11-24/h4-8,10-15,20,26-28,37H,9,16-19,21H2,1-3H3/t26-,27-,28?,32+,33-/m0/s1. The second kappa shape index (κ2) is 10.3. The van der Waals surface area contributed by atoms with Crippen LogP contribution in [0.15, 0.2) is 72.8 Å². The van der Waals surface area contributed by atoms with E-state index in [0.717, 1.165) is 22.4 Å². The van der Waals surface area contributed by atoms with Crippen LogP contribution in [0.25, 0.3) is 0 Å². The summed E-state index contributed by atoms with van der Waals surface area (Å²) in [4.78, 5) is 48.3. The molecule has 8 nitrogen and oxygen atoms in total. The fourth-order valence-corrected chi connectivity index (χ4v) is 7.23. The zero-order valence-electron chi connectivity index (χ0n) is 23.8. The first-order valence-corrected chi connectivity index (χ1v) is 14.4. The molecule has 2 saturated heterocycles. The summed E-state index contributed by atoms with van der Waals surface area (Å²) in [5.74, 6) is -2.35. The van der Waals surface area contributed by atoms with E-state index in [-0.39, 0.29) is 30.9 Å². The zero-order chi connectivity index (χ0) is 28.9. The van der Waals surface area contributed by atoms with Crippen molar-refractivity contribution in [3.63, 3.8) is 0 Å². The molecule has 214 valence electrons. The molecule has 0 aliphatic carbocycles. The monoisotopic (exact) mass is 555 g/mol. The molecule has 1 spiro atoms. The van der Waals surface area contributed by atoms with Gasteiger partial charge in [0.25, 0.3) is 5.91 Å². The maximum absolute atomic E-state index is 14.5. The van der Waals surface area contributed by atoms with Crippen LogP contribution in [0.5, 0.6) is 0 Å². The number of likely N-dealkylation sites (tertiary alicyclic amines) is 1. The van der Waals surface area contributed by atoms with E-state index in [9.17, 15) is 19.5 Å². The van der Waals surface area contributed by atoms with Gasteiger partial charge in [-0.2, -0.15) is 0 Å². The van der Waals surface area contributed by atoms with Crippen molar-refractivity contribution >= 4 is 23.4 Å². The number of rotatable bonds is 6. The van der Waals surface area contributed by atoms with Crippen LogP contribution in [0, 0.1) is 25.7 Å². The minimum Gasteiger partial charge on any atom is -0.396 e. The van der Waals surface area contributed by atoms with Crippen LogP contribution in [0.1, 0.15) is 30.0 Å².